The molecule has 0 unspecified atom stereocenters. The lowest BCUT2D eigenvalue weighted by molar-refractivity contribution is -0.132. The number of halogens is 1. The predicted octanol–water partition coefficient (Wildman–Crippen LogP) is 1.98. The molecule has 0 atom stereocenters. The largest absolute Gasteiger partial charge is 0.340 e. The lowest BCUT2D eigenvalue weighted by Crippen LogP contribution is -2.49. The number of hydrogen-bond acceptors (Lipinski definition) is 3. The first-order valence-electron chi connectivity index (χ1n) is 7.94. The van der Waals surface area contributed by atoms with E-state index in [0.29, 0.717) is 11.4 Å². The van der Waals surface area contributed by atoms with E-state index in [-0.39, 0.29) is 5.91 Å². The van der Waals surface area contributed by atoms with Crippen molar-refractivity contribution in [3.8, 4) is 0 Å². The molecule has 1 saturated heterocycles. The van der Waals surface area contributed by atoms with Crippen LogP contribution in [0.3, 0.4) is 0 Å². The summed E-state index contributed by atoms with van der Waals surface area (Å²) in [5, 5.41) is 0.711. The number of piperazine rings is 1. The Labute approximate surface area is 138 Å². The maximum absolute atomic E-state index is 12.3. The second kappa shape index (κ2) is 8.51. The Morgan fingerprint density at radius 3 is 2.36 bits per heavy atom. The zero-order chi connectivity index (χ0) is 15.9. The van der Waals surface area contributed by atoms with E-state index in [1.54, 1.807) is 0 Å². The Hall–Kier alpha value is -1.10. The van der Waals surface area contributed by atoms with Crippen molar-refractivity contribution in [3.63, 3.8) is 0 Å². The second-order valence-corrected chi connectivity index (χ2v) is 6.62. The molecule has 122 valence electrons. The van der Waals surface area contributed by atoms with Gasteiger partial charge in [0.15, 0.2) is 0 Å². The third-order valence-corrected chi connectivity index (χ3v) is 4.33. The standard InChI is InChI=1S/C17H26ClN3O/c1-19(2)8-3-9-20-10-12-21(13-11-20)17(22)14-15-4-6-16(18)7-5-15/h4-7H,3,8-14H2,1-2H3. The molecule has 1 heterocycles. The van der Waals surface area contributed by atoms with Crippen LogP contribution in [0.1, 0.15) is 12.0 Å². The average molecular weight is 324 g/mol. The molecule has 2 rings (SSSR count). The SMILES string of the molecule is CN(C)CCCN1CCN(C(=O)Cc2ccc(Cl)cc2)CC1. The third kappa shape index (κ3) is 5.59. The van der Waals surface area contributed by atoms with Crippen LogP contribution in [0.2, 0.25) is 5.02 Å². The van der Waals surface area contributed by atoms with Crippen molar-refractivity contribution in [2.24, 2.45) is 0 Å². The Bertz CT molecular complexity index is 467. The number of carbonyl (C=O) groups excluding carboxylic acids is 1. The van der Waals surface area contributed by atoms with Gasteiger partial charge in [-0.15, -0.1) is 0 Å². The number of rotatable bonds is 6. The second-order valence-electron chi connectivity index (χ2n) is 6.18. The molecule has 1 fully saturated rings. The van der Waals surface area contributed by atoms with Gasteiger partial charge in [0.1, 0.15) is 0 Å². The fraction of sp³-hybridized carbons (Fsp3) is 0.588. The fourth-order valence-electron chi connectivity index (χ4n) is 2.72. The monoisotopic (exact) mass is 323 g/mol. The smallest absolute Gasteiger partial charge is 0.227 e. The maximum atomic E-state index is 12.3. The zero-order valence-corrected chi connectivity index (χ0v) is 14.4. The first-order chi connectivity index (χ1) is 10.5. The Balaban J connectivity index is 1.71. The number of nitrogens with zero attached hydrogens (tertiary/aromatic N) is 3. The van der Waals surface area contributed by atoms with Gasteiger partial charge >= 0.3 is 0 Å². The van der Waals surface area contributed by atoms with Gasteiger partial charge in [-0.3, -0.25) is 9.69 Å². The maximum Gasteiger partial charge on any atom is 0.227 e. The summed E-state index contributed by atoms with van der Waals surface area (Å²) in [6.07, 6.45) is 1.66. The van der Waals surface area contributed by atoms with E-state index < -0.39 is 0 Å². The van der Waals surface area contributed by atoms with Gasteiger partial charge in [0.25, 0.3) is 0 Å². The summed E-state index contributed by atoms with van der Waals surface area (Å²) in [5.41, 5.74) is 1.03. The summed E-state index contributed by atoms with van der Waals surface area (Å²) >= 11 is 5.87. The molecule has 0 aliphatic carbocycles. The molecule has 0 saturated carbocycles. The van der Waals surface area contributed by atoms with Gasteiger partial charge < -0.3 is 9.80 Å². The summed E-state index contributed by atoms with van der Waals surface area (Å²) in [5.74, 6) is 0.218. The van der Waals surface area contributed by atoms with Crippen LogP contribution in [-0.2, 0) is 11.2 Å². The van der Waals surface area contributed by atoms with Crippen LogP contribution in [0.25, 0.3) is 0 Å². The summed E-state index contributed by atoms with van der Waals surface area (Å²) in [6.45, 7) is 5.90. The molecule has 1 aromatic rings. The van der Waals surface area contributed by atoms with Crippen LogP contribution >= 0.6 is 11.6 Å². The molecule has 4 nitrogen and oxygen atoms in total. The topological polar surface area (TPSA) is 26.8 Å². The van der Waals surface area contributed by atoms with Crippen molar-refractivity contribution in [2.45, 2.75) is 12.8 Å². The van der Waals surface area contributed by atoms with Gasteiger partial charge in [0.05, 0.1) is 6.42 Å². The molecule has 0 bridgehead atoms. The lowest BCUT2D eigenvalue weighted by Gasteiger charge is -2.35. The van der Waals surface area contributed by atoms with Gasteiger partial charge in [-0.1, -0.05) is 23.7 Å². The van der Waals surface area contributed by atoms with Crippen LogP contribution in [0.4, 0.5) is 0 Å². The number of hydrogen-bond donors (Lipinski definition) is 0. The lowest BCUT2D eigenvalue weighted by atomic mass is 10.1. The van der Waals surface area contributed by atoms with Crippen molar-refractivity contribution >= 4 is 17.5 Å². The molecule has 1 aliphatic rings. The van der Waals surface area contributed by atoms with Crippen LogP contribution < -0.4 is 0 Å². The highest BCUT2D eigenvalue weighted by atomic mass is 35.5. The van der Waals surface area contributed by atoms with E-state index in [0.717, 1.165) is 44.8 Å². The molecule has 0 radical (unpaired) electrons. The first kappa shape index (κ1) is 17.3. The van der Waals surface area contributed by atoms with Crippen molar-refractivity contribution in [1.82, 2.24) is 14.7 Å². The van der Waals surface area contributed by atoms with Gasteiger partial charge in [-0.25, -0.2) is 0 Å². The summed E-state index contributed by atoms with van der Waals surface area (Å²) < 4.78 is 0. The van der Waals surface area contributed by atoms with E-state index in [2.05, 4.69) is 23.9 Å². The summed E-state index contributed by atoms with van der Waals surface area (Å²) in [7, 11) is 4.21. The normalized spacial score (nSPS) is 16.3. The zero-order valence-electron chi connectivity index (χ0n) is 13.6. The summed E-state index contributed by atoms with van der Waals surface area (Å²) in [4.78, 5) is 19.0. The fourth-order valence-corrected chi connectivity index (χ4v) is 2.85. The molecule has 1 aromatic carbocycles. The van der Waals surface area contributed by atoms with E-state index in [9.17, 15) is 4.79 Å². The minimum atomic E-state index is 0.218. The Morgan fingerprint density at radius 1 is 1.14 bits per heavy atom. The van der Waals surface area contributed by atoms with Crippen molar-refractivity contribution in [2.75, 3.05) is 53.4 Å². The highest BCUT2D eigenvalue weighted by molar-refractivity contribution is 6.30. The van der Waals surface area contributed by atoms with E-state index in [4.69, 9.17) is 11.6 Å². The molecule has 1 aliphatic heterocycles. The Morgan fingerprint density at radius 2 is 1.77 bits per heavy atom. The number of amides is 1. The number of benzene rings is 1. The highest BCUT2D eigenvalue weighted by Gasteiger charge is 2.20. The molecule has 0 aromatic heterocycles. The van der Waals surface area contributed by atoms with Gasteiger partial charge in [0.2, 0.25) is 5.91 Å². The molecule has 5 heteroatoms. The third-order valence-electron chi connectivity index (χ3n) is 4.07. The van der Waals surface area contributed by atoms with Crippen molar-refractivity contribution in [1.29, 1.82) is 0 Å². The molecule has 22 heavy (non-hydrogen) atoms. The van der Waals surface area contributed by atoms with Crippen molar-refractivity contribution < 1.29 is 4.79 Å². The quantitative estimate of drug-likeness (QED) is 0.801. The van der Waals surface area contributed by atoms with Gasteiger partial charge in [0, 0.05) is 31.2 Å². The minimum absolute atomic E-state index is 0.218. The van der Waals surface area contributed by atoms with Gasteiger partial charge in [-0.05, 0) is 51.3 Å². The molecular weight excluding hydrogens is 298 g/mol. The number of carbonyl (C=O) groups is 1. The van der Waals surface area contributed by atoms with E-state index in [1.165, 1.54) is 6.42 Å². The summed E-state index contributed by atoms with van der Waals surface area (Å²) in [6, 6.07) is 7.54. The highest BCUT2D eigenvalue weighted by Crippen LogP contribution is 2.12. The molecule has 0 spiro atoms. The van der Waals surface area contributed by atoms with Crippen LogP contribution in [0.15, 0.2) is 24.3 Å². The molecular formula is C17H26ClN3O. The van der Waals surface area contributed by atoms with Crippen molar-refractivity contribution in [3.05, 3.63) is 34.9 Å². The molecule has 0 N–H and O–H groups in total. The average Bonchev–Trinajstić information content (AvgIpc) is 2.50. The molecule has 1 amide bonds. The Kier molecular flexibility index (Phi) is 6.68. The van der Waals surface area contributed by atoms with E-state index in [1.807, 2.05) is 29.2 Å². The minimum Gasteiger partial charge on any atom is -0.340 e. The van der Waals surface area contributed by atoms with Crippen LogP contribution in [0, 0.1) is 0 Å². The van der Waals surface area contributed by atoms with Crippen LogP contribution in [0.5, 0.6) is 0 Å². The van der Waals surface area contributed by atoms with Gasteiger partial charge in [-0.2, -0.15) is 0 Å². The first-order valence-corrected chi connectivity index (χ1v) is 8.31. The van der Waals surface area contributed by atoms with Crippen LogP contribution in [-0.4, -0.2) is 74.0 Å². The van der Waals surface area contributed by atoms with E-state index >= 15 is 0 Å². The predicted molar refractivity (Wildman–Crippen MR) is 91.3 cm³/mol.